The lowest BCUT2D eigenvalue weighted by Gasteiger charge is -2.52. The summed E-state index contributed by atoms with van der Waals surface area (Å²) in [6.07, 6.45) is 9.51. The van der Waals surface area contributed by atoms with Gasteiger partial charge in [0.25, 0.3) is 11.8 Å². The first-order valence-electron chi connectivity index (χ1n) is 17.1. The Morgan fingerprint density at radius 1 is 0.872 bits per heavy atom. The van der Waals surface area contributed by atoms with Crippen molar-refractivity contribution in [3.8, 4) is 17.3 Å². The highest BCUT2D eigenvalue weighted by Gasteiger charge is 2.61. The van der Waals surface area contributed by atoms with Crippen LogP contribution in [0.1, 0.15) is 46.4 Å². The van der Waals surface area contributed by atoms with Gasteiger partial charge in [-0.15, -0.1) is 0 Å². The summed E-state index contributed by atoms with van der Waals surface area (Å²) in [4.78, 5) is 44.4. The van der Waals surface area contributed by atoms with Crippen molar-refractivity contribution in [1.29, 1.82) is 0 Å². The molecule has 0 spiro atoms. The number of rotatable bonds is 8. The predicted molar refractivity (Wildman–Crippen MR) is 176 cm³/mol. The summed E-state index contributed by atoms with van der Waals surface area (Å²) in [7, 11) is 1.68. The van der Waals surface area contributed by atoms with E-state index in [0.29, 0.717) is 60.3 Å². The van der Waals surface area contributed by atoms with Crippen LogP contribution in [0.5, 0.6) is 5.75 Å². The summed E-state index contributed by atoms with van der Waals surface area (Å²) < 4.78 is 10.8. The van der Waals surface area contributed by atoms with Crippen molar-refractivity contribution in [3.63, 3.8) is 0 Å². The molecule has 5 fully saturated rings. The minimum absolute atomic E-state index is 0.0454. The number of hydrogen-bond donors (Lipinski definition) is 0. The molecule has 0 bridgehead atoms. The van der Waals surface area contributed by atoms with E-state index in [0.717, 1.165) is 48.0 Å². The summed E-state index contributed by atoms with van der Waals surface area (Å²) in [5.41, 5.74) is 5.12. The maximum absolute atomic E-state index is 14.0. The average Bonchev–Trinajstić information content (AvgIpc) is 3.72. The zero-order chi connectivity index (χ0) is 31.4. The summed E-state index contributed by atoms with van der Waals surface area (Å²) in [6.45, 7) is 3.77. The Hall–Kier alpha value is -4.73. The largest absolute Gasteiger partial charge is 0.494 e. The molecule has 2 amide bonds. The number of hydrogen-bond acceptors (Lipinski definition) is 6. The van der Waals surface area contributed by atoms with E-state index in [1.807, 2.05) is 17.0 Å². The second kappa shape index (κ2) is 10.1. The summed E-state index contributed by atoms with van der Waals surface area (Å²) in [6, 6.07) is 15.1. The van der Waals surface area contributed by atoms with Crippen molar-refractivity contribution in [1.82, 2.24) is 33.9 Å². The summed E-state index contributed by atoms with van der Waals surface area (Å²) in [5.74, 6) is 4.73. The Morgan fingerprint density at radius 3 is 2.45 bits per heavy atom. The van der Waals surface area contributed by atoms with Crippen LogP contribution in [0.2, 0.25) is 0 Å². The van der Waals surface area contributed by atoms with Crippen molar-refractivity contribution in [2.75, 3.05) is 26.7 Å². The van der Waals surface area contributed by atoms with Crippen molar-refractivity contribution in [3.05, 3.63) is 72.3 Å². The number of para-hydroxylation sites is 1. The minimum atomic E-state index is -0.0454. The lowest BCUT2D eigenvalue weighted by Crippen LogP contribution is -2.53. The lowest BCUT2D eigenvalue weighted by atomic mass is 9.53. The molecule has 3 aromatic heterocycles. The van der Waals surface area contributed by atoms with E-state index < -0.39 is 0 Å². The van der Waals surface area contributed by atoms with Crippen LogP contribution < -0.4 is 4.74 Å². The monoisotopic (exact) mass is 627 g/mol. The average molecular weight is 628 g/mol. The Bertz CT molecular complexity index is 2080. The predicted octanol–water partition coefficient (Wildman–Crippen LogP) is 5.12. The molecule has 4 atom stereocenters. The molecule has 10 rings (SSSR count). The number of carbonyl (C=O) groups is 2. The van der Waals surface area contributed by atoms with Crippen molar-refractivity contribution in [2.45, 2.75) is 44.8 Å². The van der Waals surface area contributed by atoms with Gasteiger partial charge in [0.15, 0.2) is 5.82 Å². The van der Waals surface area contributed by atoms with Gasteiger partial charge in [0.2, 0.25) is 0 Å². The Balaban J connectivity index is 1.05. The van der Waals surface area contributed by atoms with Crippen molar-refractivity contribution in [2.24, 2.45) is 29.6 Å². The van der Waals surface area contributed by atoms with Crippen LogP contribution in [0, 0.1) is 29.6 Å². The number of likely N-dealkylation sites (tertiary alicyclic amines) is 2. The fraction of sp³-hybridized carbons (Fsp3) is 0.432. The van der Waals surface area contributed by atoms with E-state index in [9.17, 15) is 9.59 Å². The molecule has 5 heterocycles. The van der Waals surface area contributed by atoms with Crippen LogP contribution in [0.3, 0.4) is 0 Å². The molecule has 2 aliphatic heterocycles. The van der Waals surface area contributed by atoms with Gasteiger partial charge < -0.3 is 23.7 Å². The zero-order valence-electron chi connectivity index (χ0n) is 26.5. The number of nitrogens with zero attached hydrogens (tertiary/aromatic N) is 7. The quantitative estimate of drug-likeness (QED) is 0.237. The standard InChI is InChI=1S/C37H37N7O3/c1-47-32-12-25(37(46)43-19-26-8-24-11-30(43)33(24)26)9-28-34(32)44(18-22-15-41(16-22)36(45)27-13-38-20-39-14-27)35(40-28)31-10-23-4-2-3-5-29(23)42(31)17-21-6-7-21/h2-5,9-10,12-14,20-22,24,26,30,33H,6-8,11,15-19H2,1H3/t24?,26?,30?,33-/m1/s1. The van der Waals surface area contributed by atoms with Gasteiger partial charge in [0.1, 0.15) is 17.6 Å². The third-order valence-corrected chi connectivity index (χ3v) is 11.7. The van der Waals surface area contributed by atoms with Gasteiger partial charge in [-0.2, -0.15) is 0 Å². The van der Waals surface area contributed by atoms with Crippen LogP contribution in [0.15, 0.2) is 61.2 Å². The third-order valence-electron chi connectivity index (χ3n) is 11.7. The molecule has 3 unspecified atom stereocenters. The SMILES string of the molecule is COc1cc(C(=O)N2CC3CC4CC2[C@H]43)cc2nc(-c3cc4ccccc4n3CC3CC3)n(CC3CN(C(=O)c4cncnc4)C3)c12. The van der Waals surface area contributed by atoms with Crippen LogP contribution >= 0.6 is 0 Å². The van der Waals surface area contributed by atoms with Gasteiger partial charge in [-0.3, -0.25) is 9.59 Å². The van der Waals surface area contributed by atoms with Gasteiger partial charge in [-0.05, 0) is 73.6 Å². The molecule has 10 nitrogen and oxygen atoms in total. The Kier molecular flexibility index (Phi) is 5.90. The van der Waals surface area contributed by atoms with Gasteiger partial charge >= 0.3 is 0 Å². The first-order chi connectivity index (χ1) is 23.0. The number of benzene rings is 2. The molecular weight excluding hydrogens is 590 g/mol. The number of ether oxygens (including phenoxy) is 1. The minimum Gasteiger partial charge on any atom is -0.494 e. The molecule has 2 aromatic carbocycles. The molecule has 238 valence electrons. The van der Waals surface area contributed by atoms with Crippen molar-refractivity contribution < 1.29 is 14.3 Å². The van der Waals surface area contributed by atoms with E-state index in [1.165, 1.54) is 36.5 Å². The van der Waals surface area contributed by atoms with Gasteiger partial charge in [0.05, 0.1) is 23.9 Å². The molecule has 3 aliphatic carbocycles. The highest BCUT2D eigenvalue weighted by Crippen LogP contribution is 2.60. The fourth-order valence-corrected chi connectivity index (χ4v) is 9.10. The van der Waals surface area contributed by atoms with Gasteiger partial charge in [-0.1, -0.05) is 18.2 Å². The second-order valence-corrected chi connectivity index (χ2v) is 14.5. The molecule has 5 aromatic rings. The highest BCUT2D eigenvalue weighted by molar-refractivity contribution is 6.01. The second-order valence-electron chi connectivity index (χ2n) is 14.5. The molecule has 47 heavy (non-hydrogen) atoms. The van der Waals surface area contributed by atoms with Gasteiger partial charge in [-0.25, -0.2) is 15.0 Å². The van der Waals surface area contributed by atoms with Crippen LogP contribution in [-0.4, -0.2) is 78.5 Å². The number of amides is 2. The van der Waals surface area contributed by atoms with E-state index in [2.05, 4.69) is 54.3 Å². The number of imidazole rings is 1. The van der Waals surface area contributed by atoms with E-state index in [-0.39, 0.29) is 17.7 Å². The van der Waals surface area contributed by atoms with Gasteiger partial charge in [0, 0.05) is 73.5 Å². The van der Waals surface area contributed by atoms with E-state index in [1.54, 1.807) is 19.5 Å². The third kappa shape index (κ3) is 4.19. The smallest absolute Gasteiger partial charge is 0.257 e. The van der Waals surface area contributed by atoms with Crippen LogP contribution in [-0.2, 0) is 13.1 Å². The lowest BCUT2D eigenvalue weighted by molar-refractivity contribution is -0.0204. The zero-order valence-corrected chi connectivity index (χ0v) is 26.5. The molecule has 0 radical (unpaired) electrons. The van der Waals surface area contributed by atoms with E-state index >= 15 is 0 Å². The van der Waals surface area contributed by atoms with Crippen molar-refractivity contribution >= 4 is 33.8 Å². The maximum Gasteiger partial charge on any atom is 0.257 e. The summed E-state index contributed by atoms with van der Waals surface area (Å²) >= 11 is 0. The molecule has 3 saturated carbocycles. The maximum atomic E-state index is 14.0. The fourth-order valence-electron chi connectivity index (χ4n) is 9.10. The summed E-state index contributed by atoms with van der Waals surface area (Å²) in [5, 5.41) is 1.19. The highest BCUT2D eigenvalue weighted by atomic mass is 16.5. The normalized spacial score (nSPS) is 24.6. The molecular formula is C37H37N7O3. The number of methoxy groups -OCH3 is 1. The molecule has 2 saturated heterocycles. The number of fused-ring (bicyclic) bond motifs is 2. The molecule has 10 heteroatoms. The Morgan fingerprint density at radius 2 is 1.68 bits per heavy atom. The molecule has 0 N–H and O–H groups in total. The first-order valence-corrected chi connectivity index (χ1v) is 17.1. The van der Waals surface area contributed by atoms with E-state index in [4.69, 9.17) is 9.72 Å². The topological polar surface area (TPSA) is 98.4 Å². The number of carbonyl (C=O) groups excluding carboxylic acids is 2. The number of aromatic nitrogens is 5. The first kappa shape index (κ1) is 27.4. The van der Waals surface area contributed by atoms with Crippen LogP contribution in [0.25, 0.3) is 33.5 Å². The Labute approximate surface area is 272 Å². The van der Waals surface area contributed by atoms with Crippen LogP contribution in [0.4, 0.5) is 0 Å². The molecule has 5 aliphatic rings.